The van der Waals surface area contributed by atoms with Crippen molar-refractivity contribution in [2.24, 2.45) is 0 Å². The molecule has 1 aromatic rings. The number of nitrogens with one attached hydrogen (secondary N) is 2. The van der Waals surface area contributed by atoms with E-state index >= 15 is 0 Å². The minimum atomic E-state index is -0.835. The summed E-state index contributed by atoms with van der Waals surface area (Å²) < 4.78 is 0. The number of piperazine rings is 1. The molecule has 1 spiro atoms. The summed E-state index contributed by atoms with van der Waals surface area (Å²) in [7, 11) is 0. The van der Waals surface area contributed by atoms with Gasteiger partial charge in [0, 0.05) is 43.9 Å². The Labute approximate surface area is 188 Å². The van der Waals surface area contributed by atoms with Gasteiger partial charge in [-0.05, 0) is 19.8 Å². The van der Waals surface area contributed by atoms with Crippen LogP contribution in [0.25, 0.3) is 0 Å². The number of carbonyl (C=O) groups is 3. The maximum absolute atomic E-state index is 12.8. The number of urea groups is 1. The van der Waals surface area contributed by atoms with Crippen LogP contribution in [0.15, 0.2) is 6.07 Å². The molecule has 0 unspecified atom stereocenters. The molecular weight excluding hydrogens is 410 g/mol. The highest BCUT2D eigenvalue weighted by Gasteiger charge is 2.52. The van der Waals surface area contributed by atoms with Crippen LogP contribution in [0.2, 0.25) is 0 Å². The molecule has 2 aliphatic heterocycles. The Kier molecular flexibility index (Phi) is 6.32. The Balaban J connectivity index is 1.30. The van der Waals surface area contributed by atoms with Crippen LogP contribution < -0.4 is 15.6 Å². The second-order valence-electron chi connectivity index (χ2n) is 9.39. The van der Waals surface area contributed by atoms with Crippen molar-refractivity contribution in [2.45, 2.75) is 64.3 Å². The van der Waals surface area contributed by atoms with Gasteiger partial charge in [-0.3, -0.25) is 19.9 Å². The fraction of sp³-hybridized carbons (Fsp3) is 0.682. The van der Waals surface area contributed by atoms with Crippen LogP contribution in [-0.2, 0) is 9.59 Å². The third-order valence-corrected chi connectivity index (χ3v) is 6.54. The molecule has 0 aromatic carbocycles. The average Bonchev–Trinajstić information content (AvgIpc) is 2.98. The van der Waals surface area contributed by atoms with E-state index in [0.717, 1.165) is 54.7 Å². The van der Waals surface area contributed by atoms with Crippen molar-refractivity contribution < 1.29 is 14.4 Å². The molecule has 1 aliphatic carbocycles. The van der Waals surface area contributed by atoms with E-state index in [2.05, 4.69) is 34.5 Å². The van der Waals surface area contributed by atoms with Crippen LogP contribution >= 0.6 is 0 Å². The van der Waals surface area contributed by atoms with Crippen molar-refractivity contribution in [3.63, 3.8) is 0 Å². The van der Waals surface area contributed by atoms with Gasteiger partial charge in [-0.2, -0.15) is 5.01 Å². The molecule has 174 valence electrons. The SMILES string of the molecule is Cc1cc(N2CCN(CC(=O)NN3C(=O)NC4(CCCCC4)C3=O)CC2)nc(C(C)C)n1. The molecule has 3 fully saturated rings. The predicted octanol–water partition coefficient (Wildman–Crippen LogP) is 1.32. The zero-order valence-electron chi connectivity index (χ0n) is 19.2. The van der Waals surface area contributed by atoms with Gasteiger partial charge in [0.1, 0.15) is 17.2 Å². The van der Waals surface area contributed by atoms with Crippen molar-refractivity contribution in [3.8, 4) is 0 Å². The van der Waals surface area contributed by atoms with Crippen LogP contribution in [0.5, 0.6) is 0 Å². The lowest BCUT2D eigenvalue weighted by Gasteiger charge is -2.35. The van der Waals surface area contributed by atoms with E-state index in [-0.39, 0.29) is 24.3 Å². The highest BCUT2D eigenvalue weighted by atomic mass is 16.2. The fourth-order valence-electron chi connectivity index (χ4n) is 4.71. The standard InChI is InChI=1S/C22H33N7O3/c1-15(2)19-23-16(3)13-17(24-19)28-11-9-27(10-12-28)14-18(30)26-29-20(31)22(25-21(29)32)7-5-4-6-8-22/h13,15H,4-12,14H2,1-3H3,(H,25,32)(H,26,30). The quantitative estimate of drug-likeness (QED) is 0.660. The summed E-state index contributed by atoms with van der Waals surface area (Å²) in [4.78, 5) is 51.2. The second-order valence-corrected chi connectivity index (χ2v) is 9.39. The number of nitrogens with zero attached hydrogens (tertiary/aromatic N) is 5. The molecule has 0 radical (unpaired) electrons. The van der Waals surface area contributed by atoms with E-state index < -0.39 is 11.6 Å². The summed E-state index contributed by atoms with van der Waals surface area (Å²) in [6.07, 6.45) is 4.14. The number of hydrogen-bond donors (Lipinski definition) is 2. The van der Waals surface area contributed by atoms with Gasteiger partial charge >= 0.3 is 6.03 Å². The summed E-state index contributed by atoms with van der Waals surface area (Å²) in [5, 5.41) is 3.69. The molecular formula is C22H33N7O3. The summed E-state index contributed by atoms with van der Waals surface area (Å²) in [6, 6.07) is 1.46. The van der Waals surface area contributed by atoms with Crippen molar-refractivity contribution in [2.75, 3.05) is 37.6 Å². The first kappa shape index (κ1) is 22.4. The van der Waals surface area contributed by atoms with Gasteiger partial charge < -0.3 is 10.2 Å². The molecule has 0 atom stereocenters. The molecule has 32 heavy (non-hydrogen) atoms. The van der Waals surface area contributed by atoms with Gasteiger partial charge in [0.2, 0.25) is 0 Å². The smallest absolute Gasteiger partial charge is 0.344 e. The summed E-state index contributed by atoms with van der Waals surface area (Å²) in [5.74, 6) is 1.33. The predicted molar refractivity (Wildman–Crippen MR) is 119 cm³/mol. The average molecular weight is 444 g/mol. The summed E-state index contributed by atoms with van der Waals surface area (Å²) in [5.41, 5.74) is 2.64. The number of aromatic nitrogens is 2. The fourth-order valence-corrected chi connectivity index (χ4v) is 4.71. The minimum Gasteiger partial charge on any atom is -0.354 e. The highest BCUT2D eigenvalue weighted by Crippen LogP contribution is 2.33. The van der Waals surface area contributed by atoms with E-state index in [9.17, 15) is 14.4 Å². The number of imide groups is 1. The maximum Gasteiger partial charge on any atom is 0.344 e. The van der Waals surface area contributed by atoms with Gasteiger partial charge in [0.15, 0.2) is 0 Å². The van der Waals surface area contributed by atoms with E-state index in [1.165, 1.54) is 0 Å². The Morgan fingerprint density at radius 2 is 1.81 bits per heavy atom. The van der Waals surface area contributed by atoms with Crippen LogP contribution in [0.4, 0.5) is 10.6 Å². The lowest BCUT2D eigenvalue weighted by atomic mass is 9.82. The highest BCUT2D eigenvalue weighted by molar-refractivity contribution is 6.08. The zero-order valence-corrected chi connectivity index (χ0v) is 19.2. The van der Waals surface area contributed by atoms with Crippen molar-refractivity contribution >= 4 is 23.7 Å². The van der Waals surface area contributed by atoms with Crippen LogP contribution in [0.1, 0.15) is 63.4 Å². The molecule has 2 N–H and O–H groups in total. The molecule has 4 rings (SSSR count). The van der Waals surface area contributed by atoms with Crippen LogP contribution in [0, 0.1) is 6.92 Å². The first-order valence-corrected chi connectivity index (χ1v) is 11.6. The van der Waals surface area contributed by atoms with Gasteiger partial charge in [-0.15, -0.1) is 0 Å². The second kappa shape index (κ2) is 9.01. The van der Waals surface area contributed by atoms with Crippen LogP contribution in [0.3, 0.4) is 0 Å². The third-order valence-electron chi connectivity index (χ3n) is 6.54. The van der Waals surface area contributed by atoms with Gasteiger partial charge in [0.25, 0.3) is 11.8 Å². The van der Waals surface area contributed by atoms with E-state index in [0.29, 0.717) is 25.9 Å². The summed E-state index contributed by atoms with van der Waals surface area (Å²) >= 11 is 0. The number of rotatable bonds is 5. The number of hydrazine groups is 1. The van der Waals surface area contributed by atoms with Gasteiger partial charge in [-0.25, -0.2) is 14.8 Å². The topological polar surface area (TPSA) is 111 Å². The molecule has 10 nitrogen and oxygen atoms in total. The summed E-state index contributed by atoms with van der Waals surface area (Å²) in [6.45, 7) is 9.14. The Hall–Kier alpha value is -2.75. The van der Waals surface area contributed by atoms with Crippen molar-refractivity contribution in [1.82, 2.24) is 30.6 Å². The van der Waals surface area contributed by atoms with E-state index in [1.807, 2.05) is 17.9 Å². The van der Waals surface area contributed by atoms with E-state index in [1.54, 1.807) is 0 Å². The molecule has 4 amide bonds. The zero-order chi connectivity index (χ0) is 22.9. The molecule has 1 saturated carbocycles. The molecule has 3 heterocycles. The lowest BCUT2D eigenvalue weighted by Crippen LogP contribution is -2.54. The normalized spacial score (nSPS) is 21.4. The van der Waals surface area contributed by atoms with Gasteiger partial charge in [0.05, 0.1) is 6.54 Å². The monoisotopic (exact) mass is 443 g/mol. The van der Waals surface area contributed by atoms with Crippen molar-refractivity contribution in [3.05, 3.63) is 17.6 Å². The minimum absolute atomic E-state index is 0.137. The first-order chi connectivity index (χ1) is 15.3. The number of hydrogen-bond acceptors (Lipinski definition) is 7. The maximum atomic E-state index is 12.8. The Bertz CT molecular complexity index is 890. The lowest BCUT2D eigenvalue weighted by molar-refractivity contribution is -0.140. The third kappa shape index (κ3) is 4.55. The Morgan fingerprint density at radius 3 is 2.47 bits per heavy atom. The van der Waals surface area contributed by atoms with E-state index in [4.69, 9.17) is 4.98 Å². The van der Waals surface area contributed by atoms with Crippen LogP contribution in [-0.4, -0.2) is 76.0 Å². The molecule has 0 bridgehead atoms. The molecule has 1 aromatic heterocycles. The molecule has 3 aliphatic rings. The Morgan fingerprint density at radius 1 is 1.12 bits per heavy atom. The number of amides is 4. The number of carbonyl (C=O) groups excluding carboxylic acids is 3. The largest absolute Gasteiger partial charge is 0.354 e. The van der Waals surface area contributed by atoms with Gasteiger partial charge in [-0.1, -0.05) is 33.1 Å². The number of aryl methyl sites for hydroxylation is 1. The number of anilines is 1. The molecule has 2 saturated heterocycles. The molecule has 10 heteroatoms. The van der Waals surface area contributed by atoms with Crippen molar-refractivity contribution in [1.29, 1.82) is 0 Å². The first-order valence-electron chi connectivity index (χ1n) is 11.6.